The Bertz CT molecular complexity index is 1410. The van der Waals surface area contributed by atoms with E-state index in [9.17, 15) is 18.0 Å². The van der Waals surface area contributed by atoms with Crippen LogP contribution >= 0.6 is 0 Å². The van der Waals surface area contributed by atoms with Gasteiger partial charge in [0.2, 0.25) is 11.8 Å². The number of ether oxygens (including phenoxy) is 2. The van der Waals surface area contributed by atoms with Crippen LogP contribution in [-0.4, -0.2) is 58.5 Å². The van der Waals surface area contributed by atoms with Crippen LogP contribution in [0.3, 0.4) is 0 Å². The number of rotatable bonds is 13. The zero-order valence-electron chi connectivity index (χ0n) is 24.5. The first kappa shape index (κ1) is 31.5. The van der Waals surface area contributed by atoms with Gasteiger partial charge >= 0.3 is 0 Å². The van der Waals surface area contributed by atoms with Gasteiger partial charge in [0, 0.05) is 13.1 Å². The van der Waals surface area contributed by atoms with Gasteiger partial charge < -0.3 is 19.7 Å². The lowest BCUT2D eigenvalue weighted by molar-refractivity contribution is -0.139. The van der Waals surface area contributed by atoms with Crippen molar-refractivity contribution < 1.29 is 27.5 Å². The summed E-state index contributed by atoms with van der Waals surface area (Å²) in [6.45, 7) is 7.50. The molecule has 0 unspecified atom stereocenters. The molecule has 0 aliphatic rings. The number of hydrogen-bond donors (Lipinski definition) is 1. The second kappa shape index (κ2) is 14.0. The minimum absolute atomic E-state index is 0.0520. The van der Waals surface area contributed by atoms with Crippen LogP contribution in [-0.2, 0) is 26.2 Å². The van der Waals surface area contributed by atoms with Crippen molar-refractivity contribution in [2.45, 2.75) is 45.2 Å². The molecule has 3 aromatic rings. The molecule has 0 saturated carbocycles. The van der Waals surface area contributed by atoms with Crippen molar-refractivity contribution >= 4 is 27.5 Å². The Morgan fingerprint density at radius 3 is 1.88 bits per heavy atom. The first-order valence-corrected chi connectivity index (χ1v) is 14.8. The van der Waals surface area contributed by atoms with Gasteiger partial charge in [-0.25, -0.2) is 8.42 Å². The number of methoxy groups -OCH3 is 2. The number of nitrogens with one attached hydrogen (secondary N) is 1. The lowest BCUT2D eigenvalue weighted by Crippen LogP contribution is -2.51. The van der Waals surface area contributed by atoms with Crippen molar-refractivity contribution in [3.05, 3.63) is 83.9 Å². The summed E-state index contributed by atoms with van der Waals surface area (Å²) in [5, 5.41) is 2.88. The third kappa shape index (κ3) is 8.23. The van der Waals surface area contributed by atoms with Crippen LogP contribution in [0, 0.1) is 12.8 Å². The van der Waals surface area contributed by atoms with Crippen LogP contribution in [0.2, 0.25) is 0 Å². The highest BCUT2D eigenvalue weighted by Gasteiger charge is 2.32. The minimum atomic E-state index is -4.14. The number of nitrogens with zero attached hydrogens (tertiary/aromatic N) is 2. The predicted molar refractivity (Wildman–Crippen MR) is 160 cm³/mol. The molecule has 3 aromatic carbocycles. The molecule has 2 amide bonds. The fraction of sp³-hybridized carbons (Fsp3) is 0.355. The summed E-state index contributed by atoms with van der Waals surface area (Å²) >= 11 is 0. The molecule has 0 aliphatic heterocycles. The molecule has 0 aromatic heterocycles. The quantitative estimate of drug-likeness (QED) is 0.321. The molecule has 0 heterocycles. The van der Waals surface area contributed by atoms with E-state index in [1.807, 2.05) is 32.9 Å². The van der Waals surface area contributed by atoms with E-state index in [1.54, 1.807) is 62.6 Å². The van der Waals surface area contributed by atoms with Crippen molar-refractivity contribution in [1.29, 1.82) is 0 Å². The number of carbonyl (C=O) groups is 2. The van der Waals surface area contributed by atoms with E-state index < -0.39 is 28.5 Å². The Kier molecular flexibility index (Phi) is 10.8. The van der Waals surface area contributed by atoms with Gasteiger partial charge in [0.1, 0.15) is 24.1 Å². The molecular weight excluding hydrogens is 542 g/mol. The fourth-order valence-electron chi connectivity index (χ4n) is 4.08. The monoisotopic (exact) mass is 581 g/mol. The molecule has 9 nitrogen and oxygen atoms in total. The van der Waals surface area contributed by atoms with Crippen molar-refractivity contribution in [3.8, 4) is 11.5 Å². The van der Waals surface area contributed by atoms with Gasteiger partial charge in [-0.2, -0.15) is 0 Å². The largest absolute Gasteiger partial charge is 0.497 e. The summed E-state index contributed by atoms with van der Waals surface area (Å²) in [6.07, 6.45) is 0. The third-order valence-corrected chi connectivity index (χ3v) is 8.40. The van der Waals surface area contributed by atoms with Crippen LogP contribution in [0.1, 0.15) is 31.9 Å². The van der Waals surface area contributed by atoms with Gasteiger partial charge in [-0.05, 0) is 73.9 Å². The van der Waals surface area contributed by atoms with Crippen LogP contribution in [0.25, 0.3) is 0 Å². The molecule has 0 spiro atoms. The summed E-state index contributed by atoms with van der Waals surface area (Å²) in [5.74, 6) is 0.577. The topological polar surface area (TPSA) is 105 Å². The van der Waals surface area contributed by atoms with Crippen molar-refractivity contribution in [1.82, 2.24) is 10.2 Å². The molecule has 10 heteroatoms. The molecule has 3 rings (SSSR count). The fourth-order valence-corrected chi connectivity index (χ4v) is 5.49. The van der Waals surface area contributed by atoms with Crippen molar-refractivity contribution in [2.75, 3.05) is 31.6 Å². The van der Waals surface area contributed by atoms with Crippen molar-refractivity contribution in [3.63, 3.8) is 0 Å². The van der Waals surface area contributed by atoms with E-state index in [0.29, 0.717) is 23.7 Å². The molecule has 220 valence electrons. The number of sulfonamides is 1. The second-order valence-electron chi connectivity index (χ2n) is 10.2. The van der Waals surface area contributed by atoms with Crippen molar-refractivity contribution in [2.24, 2.45) is 5.92 Å². The first-order chi connectivity index (χ1) is 19.5. The molecule has 1 N–H and O–H groups in total. The molecule has 0 aliphatic carbocycles. The molecule has 0 fully saturated rings. The highest BCUT2D eigenvalue weighted by molar-refractivity contribution is 7.92. The van der Waals surface area contributed by atoms with Gasteiger partial charge in [-0.1, -0.05) is 43.7 Å². The molecule has 0 radical (unpaired) electrons. The van der Waals surface area contributed by atoms with Gasteiger partial charge in [0.15, 0.2) is 0 Å². The van der Waals surface area contributed by atoms with E-state index in [2.05, 4.69) is 5.32 Å². The lowest BCUT2D eigenvalue weighted by atomic mass is 10.1. The average molecular weight is 582 g/mol. The van der Waals surface area contributed by atoms with E-state index in [-0.39, 0.29) is 23.3 Å². The summed E-state index contributed by atoms with van der Waals surface area (Å²) in [7, 11) is -1.06. The third-order valence-electron chi connectivity index (χ3n) is 6.61. The lowest BCUT2D eigenvalue weighted by Gasteiger charge is -2.32. The number of anilines is 1. The van der Waals surface area contributed by atoms with Gasteiger partial charge in [0.05, 0.1) is 24.8 Å². The zero-order chi connectivity index (χ0) is 30.2. The Morgan fingerprint density at radius 1 is 0.829 bits per heavy atom. The van der Waals surface area contributed by atoms with E-state index in [4.69, 9.17) is 9.47 Å². The molecular formula is C31H39N3O6S. The number of amides is 2. The maximum absolute atomic E-state index is 14.0. The average Bonchev–Trinajstić information content (AvgIpc) is 2.97. The normalized spacial score (nSPS) is 12.0. The molecule has 0 saturated heterocycles. The number of benzene rings is 3. The predicted octanol–water partition coefficient (Wildman–Crippen LogP) is 4.40. The van der Waals surface area contributed by atoms with Crippen LogP contribution in [0.15, 0.2) is 77.7 Å². The molecule has 1 atom stereocenters. The number of carbonyl (C=O) groups excluding carboxylic acids is 2. The second-order valence-corrected chi connectivity index (χ2v) is 12.1. The Balaban J connectivity index is 2.01. The Labute approximate surface area is 243 Å². The van der Waals surface area contributed by atoms with Gasteiger partial charge in [-0.3, -0.25) is 13.9 Å². The van der Waals surface area contributed by atoms with Gasteiger partial charge in [-0.15, -0.1) is 0 Å². The number of aryl methyl sites for hydroxylation is 1. The summed E-state index contributed by atoms with van der Waals surface area (Å²) in [5.41, 5.74) is 1.96. The maximum Gasteiger partial charge on any atom is 0.264 e. The van der Waals surface area contributed by atoms with E-state index in [0.717, 1.165) is 15.4 Å². The SMILES string of the molecule is COc1ccc(CN(C(=O)CN(c2ccc(OC)cc2)S(=O)(=O)c2ccc(C)cc2)[C@@H](C)C(=O)NCC(C)C)cc1. The highest BCUT2D eigenvalue weighted by atomic mass is 32.2. The standard InChI is InChI=1S/C31H39N3O6S/c1-22(2)19-32-31(36)24(4)33(20-25-9-13-27(39-5)14-10-25)30(35)21-34(26-11-15-28(40-6)16-12-26)41(37,38)29-17-7-23(3)8-18-29/h7-18,22,24H,19-21H2,1-6H3,(H,32,36)/t24-/m0/s1. The Morgan fingerprint density at radius 2 is 1.37 bits per heavy atom. The maximum atomic E-state index is 14.0. The van der Waals surface area contributed by atoms with Crippen LogP contribution < -0.4 is 19.1 Å². The Hall–Kier alpha value is -4.05. The van der Waals surface area contributed by atoms with Gasteiger partial charge in [0.25, 0.3) is 10.0 Å². The summed E-state index contributed by atoms with van der Waals surface area (Å²) < 4.78 is 39.3. The van der Waals surface area contributed by atoms with E-state index >= 15 is 0 Å². The van der Waals surface area contributed by atoms with Crippen LogP contribution in [0.5, 0.6) is 11.5 Å². The minimum Gasteiger partial charge on any atom is -0.497 e. The highest BCUT2D eigenvalue weighted by Crippen LogP contribution is 2.27. The van der Waals surface area contributed by atoms with E-state index in [1.165, 1.54) is 24.1 Å². The zero-order valence-corrected chi connectivity index (χ0v) is 25.3. The molecule has 41 heavy (non-hydrogen) atoms. The smallest absolute Gasteiger partial charge is 0.264 e. The summed E-state index contributed by atoms with van der Waals surface area (Å²) in [4.78, 5) is 28.5. The number of hydrogen-bond acceptors (Lipinski definition) is 6. The van der Waals surface area contributed by atoms with Crippen LogP contribution in [0.4, 0.5) is 5.69 Å². The molecule has 0 bridgehead atoms. The first-order valence-electron chi connectivity index (χ1n) is 13.4. The summed E-state index contributed by atoms with van der Waals surface area (Å²) in [6, 6.07) is 19.2.